The van der Waals surface area contributed by atoms with Crippen LogP contribution in [0.1, 0.15) is 58.8 Å². The molecule has 0 aromatic heterocycles. The highest BCUT2D eigenvalue weighted by atomic mass is 16.5. The van der Waals surface area contributed by atoms with Gasteiger partial charge in [-0.1, -0.05) is 32.0 Å². The molecule has 1 heterocycles. The predicted octanol–water partition coefficient (Wildman–Crippen LogP) is 4.72. The molecule has 0 atom stereocenters. The van der Waals surface area contributed by atoms with Gasteiger partial charge in [0.25, 0.3) is 0 Å². The van der Waals surface area contributed by atoms with Gasteiger partial charge in [0.2, 0.25) is 0 Å². The second kappa shape index (κ2) is 7.16. The van der Waals surface area contributed by atoms with Gasteiger partial charge in [0.15, 0.2) is 0 Å². The Balaban J connectivity index is 1.41. The molecule has 3 nitrogen and oxygen atoms in total. The van der Waals surface area contributed by atoms with E-state index >= 15 is 0 Å². The number of hydrogen-bond acceptors (Lipinski definition) is 3. The number of morpholine rings is 1. The SMILES string of the molecule is CC(C)CCN(C)[C@H]1CC[C@]2(CC1)CN(c1ccccc1)CC1(CC1)O2. The van der Waals surface area contributed by atoms with Gasteiger partial charge in [-0.3, -0.25) is 0 Å². The molecule has 3 heteroatoms. The molecule has 2 spiro atoms. The number of benzene rings is 1. The van der Waals surface area contributed by atoms with Crippen molar-refractivity contribution in [2.75, 3.05) is 31.6 Å². The summed E-state index contributed by atoms with van der Waals surface area (Å²) in [5.74, 6) is 0.795. The van der Waals surface area contributed by atoms with Gasteiger partial charge in [-0.15, -0.1) is 0 Å². The lowest BCUT2D eigenvalue weighted by atomic mass is 9.79. The molecule has 0 amide bonds. The van der Waals surface area contributed by atoms with Gasteiger partial charge in [0.05, 0.1) is 11.2 Å². The minimum Gasteiger partial charge on any atom is -0.366 e. The molecule has 26 heavy (non-hydrogen) atoms. The number of nitrogens with zero attached hydrogens (tertiary/aromatic N) is 2. The minimum atomic E-state index is 0.0833. The van der Waals surface area contributed by atoms with Gasteiger partial charge in [-0.25, -0.2) is 0 Å². The average Bonchev–Trinajstić information content (AvgIpc) is 3.38. The van der Waals surface area contributed by atoms with Gasteiger partial charge in [0.1, 0.15) is 0 Å². The van der Waals surface area contributed by atoms with Crippen LogP contribution in [0.2, 0.25) is 0 Å². The van der Waals surface area contributed by atoms with Crippen LogP contribution in [0.4, 0.5) is 5.69 Å². The summed E-state index contributed by atoms with van der Waals surface area (Å²) in [4.78, 5) is 5.22. The topological polar surface area (TPSA) is 15.7 Å². The maximum atomic E-state index is 6.83. The van der Waals surface area contributed by atoms with Crippen molar-refractivity contribution in [1.29, 1.82) is 0 Å². The van der Waals surface area contributed by atoms with Crippen LogP contribution in [-0.4, -0.2) is 48.8 Å². The first-order valence-corrected chi connectivity index (χ1v) is 10.7. The van der Waals surface area contributed by atoms with Crippen LogP contribution in [0.15, 0.2) is 30.3 Å². The Morgan fingerprint density at radius 2 is 1.65 bits per heavy atom. The second-order valence-corrected chi connectivity index (χ2v) is 9.55. The van der Waals surface area contributed by atoms with Crippen LogP contribution in [0.25, 0.3) is 0 Å². The highest BCUT2D eigenvalue weighted by Crippen LogP contribution is 2.51. The Labute approximate surface area is 159 Å². The summed E-state index contributed by atoms with van der Waals surface area (Å²) < 4.78 is 6.83. The van der Waals surface area contributed by atoms with E-state index in [1.807, 2.05) is 0 Å². The van der Waals surface area contributed by atoms with E-state index in [-0.39, 0.29) is 11.2 Å². The normalized spacial score (nSPS) is 30.5. The van der Waals surface area contributed by atoms with E-state index in [1.165, 1.54) is 57.2 Å². The molecular formula is C23H36N2O. The second-order valence-electron chi connectivity index (χ2n) is 9.55. The molecule has 1 aliphatic heterocycles. The Hall–Kier alpha value is -1.06. The van der Waals surface area contributed by atoms with Crippen LogP contribution in [0.3, 0.4) is 0 Å². The van der Waals surface area contributed by atoms with E-state index in [9.17, 15) is 0 Å². The monoisotopic (exact) mass is 356 g/mol. The third kappa shape index (κ3) is 3.94. The summed E-state index contributed by atoms with van der Waals surface area (Å²) in [5.41, 5.74) is 1.61. The lowest BCUT2D eigenvalue weighted by Crippen LogP contribution is -2.59. The van der Waals surface area contributed by atoms with Crippen molar-refractivity contribution < 1.29 is 4.74 Å². The van der Waals surface area contributed by atoms with Crippen LogP contribution < -0.4 is 4.90 Å². The van der Waals surface area contributed by atoms with Gasteiger partial charge in [-0.2, -0.15) is 0 Å². The van der Waals surface area contributed by atoms with Crippen molar-refractivity contribution >= 4 is 5.69 Å². The summed E-state index contributed by atoms with van der Waals surface area (Å²) in [6.07, 6.45) is 8.80. The van der Waals surface area contributed by atoms with Crippen molar-refractivity contribution in [3.05, 3.63) is 30.3 Å². The average molecular weight is 357 g/mol. The zero-order chi connectivity index (χ0) is 18.2. The first kappa shape index (κ1) is 18.3. The van der Waals surface area contributed by atoms with Gasteiger partial charge >= 0.3 is 0 Å². The lowest BCUT2D eigenvalue weighted by Gasteiger charge is -2.51. The Morgan fingerprint density at radius 3 is 2.23 bits per heavy atom. The maximum Gasteiger partial charge on any atom is 0.0867 e. The number of hydrogen-bond donors (Lipinski definition) is 0. The maximum absolute atomic E-state index is 6.83. The fourth-order valence-corrected chi connectivity index (χ4v) is 4.97. The smallest absolute Gasteiger partial charge is 0.0867 e. The summed E-state index contributed by atoms with van der Waals surface area (Å²) >= 11 is 0. The number of ether oxygens (including phenoxy) is 1. The van der Waals surface area contributed by atoms with Crippen LogP contribution >= 0.6 is 0 Å². The van der Waals surface area contributed by atoms with Crippen molar-refractivity contribution in [3.63, 3.8) is 0 Å². The van der Waals surface area contributed by atoms with Crippen LogP contribution in [-0.2, 0) is 4.74 Å². The van der Waals surface area contributed by atoms with E-state index in [2.05, 4.69) is 61.0 Å². The molecule has 0 N–H and O–H groups in total. The predicted molar refractivity (Wildman–Crippen MR) is 109 cm³/mol. The third-order valence-corrected chi connectivity index (χ3v) is 6.87. The van der Waals surface area contributed by atoms with Gasteiger partial charge < -0.3 is 14.5 Å². The number of para-hydroxylation sites is 1. The first-order valence-electron chi connectivity index (χ1n) is 10.7. The molecular weight excluding hydrogens is 320 g/mol. The molecule has 3 aliphatic rings. The van der Waals surface area contributed by atoms with Crippen LogP contribution in [0.5, 0.6) is 0 Å². The van der Waals surface area contributed by atoms with Crippen molar-refractivity contribution in [2.24, 2.45) is 5.92 Å². The fourth-order valence-electron chi connectivity index (χ4n) is 4.97. The third-order valence-electron chi connectivity index (χ3n) is 6.87. The zero-order valence-electron chi connectivity index (χ0n) is 16.9. The molecule has 0 unspecified atom stereocenters. The van der Waals surface area contributed by atoms with Crippen molar-refractivity contribution in [1.82, 2.24) is 4.90 Å². The van der Waals surface area contributed by atoms with E-state index < -0.39 is 0 Å². The molecule has 3 fully saturated rings. The number of rotatable bonds is 5. The standard InChI is InChI=1S/C23H36N2O/c1-19(2)11-16-24(3)20-9-12-22(13-10-20)17-25(18-23(26-22)14-15-23)21-7-5-4-6-8-21/h4-8,19-20H,9-18H2,1-3H3/t20-,22-. The lowest BCUT2D eigenvalue weighted by molar-refractivity contribution is -0.144. The summed E-state index contributed by atoms with van der Waals surface area (Å²) in [7, 11) is 2.32. The fraction of sp³-hybridized carbons (Fsp3) is 0.739. The zero-order valence-corrected chi connectivity index (χ0v) is 16.9. The summed E-state index contributed by atoms with van der Waals surface area (Å²) in [6, 6.07) is 11.7. The molecule has 0 bridgehead atoms. The molecule has 2 saturated carbocycles. The van der Waals surface area contributed by atoms with Crippen LogP contribution in [0, 0.1) is 5.92 Å². The number of anilines is 1. The molecule has 4 rings (SSSR count). The van der Waals surface area contributed by atoms with E-state index in [0.717, 1.165) is 25.0 Å². The van der Waals surface area contributed by atoms with Gasteiger partial charge in [0, 0.05) is 24.8 Å². The van der Waals surface area contributed by atoms with Gasteiger partial charge in [-0.05, 0) is 76.6 Å². The molecule has 0 radical (unpaired) electrons. The Bertz CT molecular complexity index is 587. The minimum absolute atomic E-state index is 0.0833. The quantitative estimate of drug-likeness (QED) is 0.759. The summed E-state index contributed by atoms with van der Waals surface area (Å²) in [6.45, 7) is 8.04. The van der Waals surface area contributed by atoms with E-state index in [4.69, 9.17) is 4.74 Å². The first-order chi connectivity index (χ1) is 12.5. The highest BCUT2D eigenvalue weighted by molar-refractivity contribution is 5.48. The highest BCUT2D eigenvalue weighted by Gasteiger charge is 2.56. The van der Waals surface area contributed by atoms with E-state index in [1.54, 1.807) is 0 Å². The Kier molecular flexibility index (Phi) is 5.04. The molecule has 144 valence electrons. The Morgan fingerprint density at radius 1 is 1.04 bits per heavy atom. The van der Waals surface area contributed by atoms with E-state index in [0.29, 0.717) is 0 Å². The van der Waals surface area contributed by atoms with Crippen molar-refractivity contribution in [2.45, 2.75) is 76.0 Å². The largest absolute Gasteiger partial charge is 0.366 e. The summed E-state index contributed by atoms with van der Waals surface area (Å²) in [5, 5.41) is 0. The molecule has 1 saturated heterocycles. The molecule has 1 aromatic carbocycles. The molecule has 1 aromatic rings. The molecule has 2 aliphatic carbocycles. The van der Waals surface area contributed by atoms with Crippen molar-refractivity contribution in [3.8, 4) is 0 Å².